The molecule has 60 heavy (non-hydrogen) atoms. The molecule has 1 atom stereocenters. The van der Waals surface area contributed by atoms with Crippen LogP contribution in [0.1, 0.15) is 52.7 Å². The lowest BCUT2D eigenvalue weighted by Crippen LogP contribution is -2.66. The Labute approximate surface area is 349 Å². The number of urea groups is 1. The Morgan fingerprint density at radius 1 is 0.933 bits per heavy atom. The van der Waals surface area contributed by atoms with Crippen molar-refractivity contribution in [1.29, 1.82) is 5.41 Å². The van der Waals surface area contributed by atoms with E-state index in [-0.39, 0.29) is 48.3 Å². The number of ether oxygens (including phenoxy) is 1. The van der Waals surface area contributed by atoms with Gasteiger partial charge in [0.05, 0.1) is 17.3 Å². The molecule has 3 saturated heterocycles. The van der Waals surface area contributed by atoms with Crippen LogP contribution in [-0.4, -0.2) is 137 Å². The topological polar surface area (TPSA) is 193 Å². The summed E-state index contributed by atoms with van der Waals surface area (Å²) in [5.74, 6) is 1.78. The van der Waals surface area contributed by atoms with Crippen LogP contribution in [0.4, 0.5) is 22.1 Å². The third-order valence-electron chi connectivity index (χ3n) is 12.1. The number of nitrogens with two attached hydrogens (primary N) is 1. The van der Waals surface area contributed by atoms with Crippen LogP contribution in [0.15, 0.2) is 79.1 Å². The summed E-state index contributed by atoms with van der Waals surface area (Å²) in [4.78, 5) is 69.1. The second kappa shape index (κ2) is 17.7. The van der Waals surface area contributed by atoms with Gasteiger partial charge in [0.1, 0.15) is 35.7 Å². The number of nitrogens with one attached hydrogen (secondary N) is 3. The molecule has 3 fully saturated rings. The van der Waals surface area contributed by atoms with E-state index in [1.807, 2.05) is 76.5 Å². The number of para-hydroxylation sites is 1. The van der Waals surface area contributed by atoms with Gasteiger partial charge >= 0.3 is 6.03 Å². The highest BCUT2D eigenvalue weighted by Gasteiger charge is 2.39. The predicted molar refractivity (Wildman–Crippen MR) is 228 cm³/mol. The number of carbonyl (C=O) groups is 4. The van der Waals surface area contributed by atoms with Crippen molar-refractivity contribution >= 4 is 47.2 Å². The molecule has 16 heteroatoms. The first kappa shape index (κ1) is 40.2. The van der Waals surface area contributed by atoms with Crippen molar-refractivity contribution < 1.29 is 23.9 Å². The molecule has 0 saturated carbocycles. The number of benzene rings is 3. The van der Waals surface area contributed by atoms with Gasteiger partial charge in [-0.3, -0.25) is 19.9 Å². The molecule has 312 valence electrons. The van der Waals surface area contributed by atoms with Crippen molar-refractivity contribution in [2.45, 2.75) is 50.4 Å². The van der Waals surface area contributed by atoms with Gasteiger partial charge in [-0.15, -0.1) is 0 Å². The molecular weight excluding hydrogens is 763 g/mol. The lowest BCUT2D eigenvalue weighted by Gasteiger charge is -2.49. The van der Waals surface area contributed by atoms with Gasteiger partial charge in [0, 0.05) is 101 Å². The van der Waals surface area contributed by atoms with Gasteiger partial charge < -0.3 is 45.5 Å². The lowest BCUT2D eigenvalue weighted by atomic mass is 10.0. The van der Waals surface area contributed by atoms with Crippen LogP contribution in [0.25, 0.3) is 0 Å². The minimum absolute atomic E-state index is 0.0515. The number of carbonyl (C=O) groups excluding carboxylic acids is 4. The van der Waals surface area contributed by atoms with E-state index in [0.717, 1.165) is 62.3 Å². The molecule has 5 heterocycles. The number of nitrogens with zero attached hydrogens (tertiary/aromatic N) is 7. The van der Waals surface area contributed by atoms with Crippen LogP contribution < -0.4 is 26.0 Å². The number of likely N-dealkylation sites (tertiary alicyclic amines) is 2. The number of hydrogen-bond acceptors (Lipinski definition) is 12. The van der Waals surface area contributed by atoms with Gasteiger partial charge in [0.2, 0.25) is 5.91 Å². The Hall–Kier alpha value is -6.55. The molecule has 5 N–H and O–H groups in total. The molecule has 4 aromatic rings. The second-order valence-electron chi connectivity index (χ2n) is 15.8. The van der Waals surface area contributed by atoms with Gasteiger partial charge in [-0.2, -0.15) is 0 Å². The minimum Gasteiger partial charge on any atom is -0.457 e. The van der Waals surface area contributed by atoms with Crippen molar-refractivity contribution in [3.05, 3.63) is 101 Å². The maximum Gasteiger partial charge on any atom is 0.320 e. The fourth-order valence-corrected chi connectivity index (χ4v) is 8.51. The number of anilines is 3. The predicted octanol–water partition coefficient (Wildman–Crippen LogP) is 3.82. The maximum atomic E-state index is 13.5. The van der Waals surface area contributed by atoms with Crippen molar-refractivity contribution in [1.82, 2.24) is 34.9 Å². The van der Waals surface area contributed by atoms with E-state index in [0.29, 0.717) is 67.0 Å². The van der Waals surface area contributed by atoms with E-state index in [9.17, 15) is 19.2 Å². The van der Waals surface area contributed by atoms with Crippen molar-refractivity contribution in [2.75, 3.05) is 75.4 Å². The van der Waals surface area contributed by atoms with Gasteiger partial charge in [-0.25, -0.2) is 14.8 Å². The van der Waals surface area contributed by atoms with E-state index in [4.69, 9.17) is 15.9 Å². The lowest BCUT2D eigenvalue weighted by molar-refractivity contribution is -0.121. The Balaban J connectivity index is 0.781. The van der Waals surface area contributed by atoms with E-state index in [1.165, 1.54) is 6.33 Å². The van der Waals surface area contributed by atoms with E-state index in [2.05, 4.69) is 36.5 Å². The molecular formula is C44H51N11O5. The second-order valence-corrected chi connectivity index (χ2v) is 15.8. The molecule has 4 aliphatic heterocycles. The summed E-state index contributed by atoms with van der Waals surface area (Å²) < 4.78 is 5.91. The van der Waals surface area contributed by atoms with Gasteiger partial charge in [-0.05, 0) is 79.4 Å². The summed E-state index contributed by atoms with van der Waals surface area (Å²) in [7, 11) is 1.56. The Kier molecular flexibility index (Phi) is 11.9. The summed E-state index contributed by atoms with van der Waals surface area (Å²) in [6, 6.07) is 22.5. The summed E-state index contributed by atoms with van der Waals surface area (Å²) in [6.07, 6.45) is 4.10. The summed E-state index contributed by atoms with van der Waals surface area (Å²) >= 11 is 0. The van der Waals surface area contributed by atoms with Crippen LogP contribution in [0.3, 0.4) is 0 Å². The van der Waals surface area contributed by atoms with Gasteiger partial charge in [-0.1, -0.05) is 18.2 Å². The van der Waals surface area contributed by atoms with Crippen LogP contribution in [0.2, 0.25) is 0 Å². The van der Waals surface area contributed by atoms with Crippen LogP contribution in [-0.2, 0) is 16.1 Å². The highest BCUT2D eigenvalue weighted by molar-refractivity contribution is 6.16. The molecule has 0 radical (unpaired) electrons. The largest absolute Gasteiger partial charge is 0.457 e. The normalized spacial score (nSPS) is 17.8. The fraction of sp³-hybridized carbons (Fsp3) is 0.386. The highest BCUT2D eigenvalue weighted by Crippen LogP contribution is 2.31. The number of hydrogen-bond donors (Lipinski definition) is 4. The molecule has 16 nitrogen and oxygen atoms in total. The maximum absolute atomic E-state index is 13.5. The number of piperidine rings is 1. The third-order valence-corrected chi connectivity index (χ3v) is 12.1. The summed E-state index contributed by atoms with van der Waals surface area (Å²) in [5.41, 5.74) is 10.2. The van der Waals surface area contributed by atoms with E-state index < -0.39 is 6.04 Å². The number of nitrogen functional groups attached to an aromatic ring is 1. The van der Waals surface area contributed by atoms with Crippen LogP contribution in [0, 0.1) is 5.41 Å². The van der Waals surface area contributed by atoms with Gasteiger partial charge in [0.15, 0.2) is 0 Å². The van der Waals surface area contributed by atoms with Gasteiger partial charge in [0.25, 0.3) is 5.91 Å². The number of aldehydes is 1. The zero-order chi connectivity index (χ0) is 41.8. The zero-order valence-electron chi connectivity index (χ0n) is 33.8. The van der Waals surface area contributed by atoms with E-state index in [1.54, 1.807) is 11.9 Å². The molecule has 1 unspecified atom stereocenters. The summed E-state index contributed by atoms with van der Waals surface area (Å²) in [5, 5.41) is 15.1. The number of rotatable bonds is 13. The zero-order valence-corrected chi connectivity index (χ0v) is 33.8. The smallest absolute Gasteiger partial charge is 0.320 e. The molecule has 3 aromatic carbocycles. The first-order chi connectivity index (χ1) is 29.2. The first-order valence-electron chi connectivity index (χ1n) is 20.6. The fourth-order valence-electron chi connectivity index (χ4n) is 8.51. The average Bonchev–Trinajstić information content (AvgIpc) is 3.59. The molecule has 4 amide bonds. The van der Waals surface area contributed by atoms with Crippen LogP contribution >= 0.6 is 0 Å². The Morgan fingerprint density at radius 3 is 2.35 bits per heavy atom. The highest BCUT2D eigenvalue weighted by atomic mass is 16.5. The number of amides is 4. The monoisotopic (exact) mass is 813 g/mol. The quantitative estimate of drug-likeness (QED) is 0.113. The molecule has 0 bridgehead atoms. The first-order valence-corrected chi connectivity index (χ1v) is 20.6. The van der Waals surface area contributed by atoms with E-state index >= 15 is 0 Å². The Morgan fingerprint density at radius 2 is 1.65 bits per heavy atom. The number of fused-ring (bicyclic) bond motifs is 1. The average molecular weight is 814 g/mol. The van der Waals surface area contributed by atoms with Crippen LogP contribution in [0.5, 0.6) is 11.5 Å². The van der Waals surface area contributed by atoms with Crippen molar-refractivity contribution in [3.8, 4) is 11.5 Å². The molecule has 1 aromatic heterocycles. The minimum atomic E-state index is -0.642. The SMILES string of the molecule is CNC(=O)CCC(C=O)N1Cc2cc(N3CCN(C4CN(C(=O)N5CCC(Nc6ncnc(N)c6C(=N)c6ccc(Oc7ccccc7)cc6)CC5)C4)CC3)ccc2C1=O. The summed E-state index contributed by atoms with van der Waals surface area (Å²) in [6.45, 7) is 6.41. The number of aromatic nitrogens is 2. The van der Waals surface area contributed by atoms with Crippen molar-refractivity contribution in [2.24, 2.45) is 0 Å². The third kappa shape index (κ3) is 8.59. The molecule has 0 spiro atoms. The van der Waals surface area contributed by atoms with Crippen molar-refractivity contribution in [3.63, 3.8) is 0 Å². The molecule has 0 aliphatic carbocycles. The number of piperazine rings is 1. The molecule has 4 aliphatic rings. The molecule has 8 rings (SSSR count). The standard InChI is InChI=1S/C44H51N11O5/c1-47-38(57)14-10-33(27-56)55-24-30-23-32(9-13-37(30)43(55)58)51-19-21-52(22-20-51)34-25-54(26-34)44(59)53-17-15-31(16-18-53)50-42-39(41(46)48-28-49-42)40(45)29-7-11-36(12-8-29)60-35-5-3-2-4-6-35/h2-9,11-13,23,27-28,31,33-34,45H,10,14-22,24-26H2,1H3,(H,47,57)(H3,46,48,49,50). The Bertz CT molecular complexity index is 2220.